The molecule has 5 heteroatoms. The average molecular weight is 266 g/mol. The quantitative estimate of drug-likeness (QED) is 0.726. The van der Waals surface area contributed by atoms with Crippen LogP contribution in [0.5, 0.6) is 5.75 Å². The Labute approximate surface area is 114 Å². The molecule has 5 nitrogen and oxygen atoms in total. The van der Waals surface area contributed by atoms with E-state index >= 15 is 0 Å². The van der Waals surface area contributed by atoms with Crippen molar-refractivity contribution in [1.82, 2.24) is 5.32 Å². The fourth-order valence-electron chi connectivity index (χ4n) is 1.60. The molecule has 0 bridgehead atoms. The largest absolute Gasteiger partial charge is 0.484 e. The van der Waals surface area contributed by atoms with E-state index in [9.17, 15) is 4.79 Å². The van der Waals surface area contributed by atoms with E-state index in [1.54, 1.807) is 7.11 Å². The van der Waals surface area contributed by atoms with Crippen LogP contribution in [-0.4, -0.2) is 32.8 Å². The predicted molar refractivity (Wildman–Crippen MR) is 74.2 cm³/mol. The lowest BCUT2D eigenvalue weighted by Crippen LogP contribution is -2.31. The summed E-state index contributed by atoms with van der Waals surface area (Å²) in [5.41, 5.74) is 7.83. The van der Waals surface area contributed by atoms with Crippen molar-refractivity contribution in [2.75, 3.05) is 26.9 Å². The molecule has 3 N–H and O–H groups in total. The van der Waals surface area contributed by atoms with Gasteiger partial charge in [-0.25, -0.2) is 0 Å². The highest BCUT2D eigenvalue weighted by Gasteiger charge is 2.06. The summed E-state index contributed by atoms with van der Waals surface area (Å²) in [5.74, 6) is 0.541. The molecule has 1 amide bonds. The maximum atomic E-state index is 11.5. The number of nitrogens with one attached hydrogen (secondary N) is 1. The third-order valence-electron chi connectivity index (χ3n) is 2.71. The van der Waals surface area contributed by atoms with Crippen LogP contribution in [0.15, 0.2) is 18.2 Å². The fourth-order valence-corrected chi connectivity index (χ4v) is 1.60. The number of carbonyl (C=O) groups excluding carboxylic acids is 1. The molecule has 0 unspecified atom stereocenters. The first kappa shape index (κ1) is 15.5. The number of carbonyl (C=O) groups is 1. The molecule has 0 fully saturated rings. The van der Waals surface area contributed by atoms with Crippen molar-refractivity contribution in [2.45, 2.75) is 19.9 Å². The summed E-state index contributed by atoms with van der Waals surface area (Å²) in [5, 5.41) is 2.69. The van der Waals surface area contributed by atoms with Crippen LogP contribution in [-0.2, 0) is 9.53 Å². The zero-order chi connectivity index (χ0) is 14.3. The van der Waals surface area contributed by atoms with Crippen LogP contribution < -0.4 is 15.8 Å². The van der Waals surface area contributed by atoms with Crippen molar-refractivity contribution in [3.8, 4) is 5.75 Å². The first-order chi connectivity index (χ1) is 9.04. The van der Waals surface area contributed by atoms with E-state index in [1.165, 1.54) is 0 Å². The number of nitrogens with two attached hydrogens (primary N) is 1. The molecule has 19 heavy (non-hydrogen) atoms. The normalized spacial score (nSPS) is 12.0. The molecule has 0 radical (unpaired) electrons. The van der Waals surface area contributed by atoms with Crippen molar-refractivity contribution >= 4 is 5.91 Å². The minimum atomic E-state index is -0.160. The minimum Gasteiger partial charge on any atom is -0.484 e. The lowest BCUT2D eigenvalue weighted by molar-refractivity contribution is -0.123. The van der Waals surface area contributed by atoms with Gasteiger partial charge in [-0.15, -0.1) is 0 Å². The summed E-state index contributed by atoms with van der Waals surface area (Å²) in [6, 6.07) is 5.72. The van der Waals surface area contributed by atoms with Gasteiger partial charge < -0.3 is 20.5 Å². The van der Waals surface area contributed by atoms with E-state index in [0.717, 1.165) is 11.1 Å². The number of methoxy groups -OCH3 is 1. The van der Waals surface area contributed by atoms with Gasteiger partial charge in [-0.3, -0.25) is 4.79 Å². The van der Waals surface area contributed by atoms with Crippen molar-refractivity contribution in [1.29, 1.82) is 0 Å². The lowest BCUT2D eigenvalue weighted by Gasteiger charge is -2.12. The molecule has 0 heterocycles. The second-order valence-corrected chi connectivity index (χ2v) is 4.45. The summed E-state index contributed by atoms with van der Waals surface area (Å²) in [4.78, 5) is 11.5. The van der Waals surface area contributed by atoms with Crippen LogP contribution in [0.4, 0.5) is 0 Å². The third kappa shape index (κ3) is 5.28. The monoisotopic (exact) mass is 266 g/mol. The molecule has 0 saturated carbocycles. The van der Waals surface area contributed by atoms with E-state index in [1.807, 2.05) is 32.0 Å². The van der Waals surface area contributed by atoms with Gasteiger partial charge in [0.2, 0.25) is 0 Å². The molecular formula is C14H22N2O3. The minimum absolute atomic E-state index is 0.00206. The second kappa shape index (κ2) is 7.76. The van der Waals surface area contributed by atoms with Crippen LogP contribution in [0.2, 0.25) is 0 Å². The van der Waals surface area contributed by atoms with Gasteiger partial charge in [0.05, 0.1) is 6.61 Å². The Balaban J connectivity index is 2.47. The Morgan fingerprint density at radius 1 is 1.47 bits per heavy atom. The average Bonchev–Trinajstić information content (AvgIpc) is 2.37. The molecule has 0 aliphatic heterocycles. The van der Waals surface area contributed by atoms with Crippen LogP contribution in [0.1, 0.15) is 24.1 Å². The zero-order valence-corrected chi connectivity index (χ0v) is 11.7. The Morgan fingerprint density at radius 3 is 2.79 bits per heavy atom. The molecule has 106 valence electrons. The topological polar surface area (TPSA) is 73.6 Å². The van der Waals surface area contributed by atoms with Gasteiger partial charge in [-0.05, 0) is 31.0 Å². The molecule has 0 aromatic heterocycles. The second-order valence-electron chi connectivity index (χ2n) is 4.45. The number of amides is 1. The van der Waals surface area contributed by atoms with Gasteiger partial charge >= 0.3 is 0 Å². The van der Waals surface area contributed by atoms with Gasteiger partial charge in [0.25, 0.3) is 5.91 Å². The predicted octanol–water partition coefficient (Wildman–Crippen LogP) is 1.16. The number of rotatable bonds is 7. The highest BCUT2D eigenvalue weighted by Crippen LogP contribution is 2.21. The summed E-state index contributed by atoms with van der Waals surface area (Å²) >= 11 is 0. The van der Waals surface area contributed by atoms with E-state index in [4.69, 9.17) is 15.2 Å². The van der Waals surface area contributed by atoms with Gasteiger partial charge in [-0.2, -0.15) is 0 Å². The molecular weight excluding hydrogens is 244 g/mol. The van der Waals surface area contributed by atoms with Crippen LogP contribution in [0.3, 0.4) is 0 Å². The van der Waals surface area contributed by atoms with Crippen molar-refractivity contribution in [2.24, 2.45) is 5.73 Å². The zero-order valence-electron chi connectivity index (χ0n) is 11.7. The number of aryl methyl sites for hydroxylation is 1. The lowest BCUT2D eigenvalue weighted by atomic mass is 10.1. The van der Waals surface area contributed by atoms with Gasteiger partial charge in [0.1, 0.15) is 5.75 Å². The molecule has 0 aliphatic rings. The Morgan fingerprint density at radius 2 is 2.21 bits per heavy atom. The van der Waals surface area contributed by atoms with Crippen molar-refractivity contribution < 1.29 is 14.3 Å². The third-order valence-corrected chi connectivity index (χ3v) is 2.71. The summed E-state index contributed by atoms with van der Waals surface area (Å²) in [6.45, 7) is 4.85. The molecule has 0 aliphatic carbocycles. The Hall–Kier alpha value is -1.59. The van der Waals surface area contributed by atoms with E-state index < -0.39 is 0 Å². The molecule has 0 saturated heterocycles. The number of benzene rings is 1. The molecule has 1 aromatic carbocycles. The maximum absolute atomic E-state index is 11.5. The number of hydrogen-bond donors (Lipinski definition) is 2. The fraction of sp³-hybridized carbons (Fsp3) is 0.500. The molecule has 1 atom stereocenters. The molecule has 1 aromatic rings. The molecule has 0 spiro atoms. The first-order valence-corrected chi connectivity index (χ1v) is 6.29. The van der Waals surface area contributed by atoms with Crippen molar-refractivity contribution in [3.63, 3.8) is 0 Å². The highest BCUT2D eigenvalue weighted by molar-refractivity contribution is 5.77. The number of ether oxygens (including phenoxy) is 2. The Kier molecular flexibility index (Phi) is 6.32. The first-order valence-electron chi connectivity index (χ1n) is 6.29. The van der Waals surface area contributed by atoms with Gasteiger partial charge in [0, 0.05) is 19.7 Å². The van der Waals surface area contributed by atoms with E-state index in [-0.39, 0.29) is 18.6 Å². The van der Waals surface area contributed by atoms with Gasteiger partial charge in [-0.1, -0.05) is 12.1 Å². The summed E-state index contributed by atoms with van der Waals surface area (Å²) in [7, 11) is 1.59. The summed E-state index contributed by atoms with van der Waals surface area (Å²) in [6.07, 6.45) is 0. The standard InChI is InChI=1S/C14H22N2O3/c1-10-8-12(11(2)15)4-5-13(10)19-9-14(17)16-6-7-18-3/h4-5,8,11H,6-7,9,15H2,1-3H3,(H,16,17)/t11-/m0/s1. The summed E-state index contributed by atoms with van der Waals surface area (Å²) < 4.78 is 10.3. The SMILES string of the molecule is COCCNC(=O)COc1ccc([C@H](C)N)cc1C. The van der Waals surface area contributed by atoms with Crippen molar-refractivity contribution in [3.05, 3.63) is 29.3 Å². The van der Waals surface area contributed by atoms with Crippen LogP contribution in [0, 0.1) is 6.92 Å². The van der Waals surface area contributed by atoms with E-state index in [0.29, 0.717) is 18.9 Å². The van der Waals surface area contributed by atoms with Crippen LogP contribution >= 0.6 is 0 Å². The Bertz CT molecular complexity index is 419. The smallest absolute Gasteiger partial charge is 0.258 e. The van der Waals surface area contributed by atoms with E-state index in [2.05, 4.69) is 5.32 Å². The molecule has 1 rings (SSSR count). The maximum Gasteiger partial charge on any atom is 0.258 e. The number of hydrogen-bond acceptors (Lipinski definition) is 4. The van der Waals surface area contributed by atoms with Crippen LogP contribution in [0.25, 0.3) is 0 Å². The van der Waals surface area contributed by atoms with Gasteiger partial charge in [0.15, 0.2) is 6.61 Å². The highest BCUT2D eigenvalue weighted by atomic mass is 16.5.